The maximum Gasteiger partial charge on any atom is 0.313 e. The highest BCUT2D eigenvalue weighted by Gasteiger charge is 2.10. The van der Waals surface area contributed by atoms with Crippen LogP contribution in [0.25, 0.3) is 11.4 Å². The summed E-state index contributed by atoms with van der Waals surface area (Å²) in [5, 5.41) is 18.0. The predicted molar refractivity (Wildman–Crippen MR) is 82.9 cm³/mol. The van der Waals surface area contributed by atoms with Crippen molar-refractivity contribution in [2.75, 3.05) is 12.3 Å². The highest BCUT2D eigenvalue weighted by atomic mass is 32.2. The van der Waals surface area contributed by atoms with Crippen molar-refractivity contribution in [1.82, 2.24) is 25.6 Å². The van der Waals surface area contributed by atoms with Crippen molar-refractivity contribution in [3.05, 3.63) is 42.1 Å². The van der Waals surface area contributed by atoms with E-state index in [9.17, 15) is 4.79 Å². The van der Waals surface area contributed by atoms with Crippen molar-refractivity contribution in [1.29, 1.82) is 0 Å². The Hall–Kier alpha value is -2.32. The Morgan fingerprint density at radius 1 is 1.45 bits per heavy atom. The van der Waals surface area contributed by atoms with Crippen LogP contribution in [-0.4, -0.2) is 43.6 Å². The standard InChI is InChI=1S/C14H15N5O2S/c20-12(21)9-22-14-16-13(17-18-14)11-4-1-3-10(7-11)8-19-6-2-5-15-19/h1-4,6-7,15H,5,8-9H2,(H,20,21)(H,16,17,18). The van der Waals surface area contributed by atoms with Gasteiger partial charge >= 0.3 is 5.97 Å². The number of aliphatic carboxylic acids is 1. The molecule has 22 heavy (non-hydrogen) atoms. The number of nitrogens with one attached hydrogen (secondary N) is 2. The molecule has 0 atom stereocenters. The van der Waals surface area contributed by atoms with Crippen LogP contribution in [0.4, 0.5) is 0 Å². The van der Waals surface area contributed by atoms with E-state index in [2.05, 4.69) is 26.7 Å². The SMILES string of the molecule is O=C(O)CSc1n[nH]c(-c2cccc(CN3C=CCN3)c2)n1. The van der Waals surface area contributed by atoms with Crippen molar-refractivity contribution in [2.24, 2.45) is 0 Å². The molecule has 3 N–H and O–H groups in total. The maximum absolute atomic E-state index is 10.6. The highest BCUT2D eigenvalue weighted by molar-refractivity contribution is 7.99. The summed E-state index contributed by atoms with van der Waals surface area (Å²) in [5.41, 5.74) is 5.30. The van der Waals surface area contributed by atoms with E-state index in [4.69, 9.17) is 5.11 Å². The van der Waals surface area contributed by atoms with Gasteiger partial charge in [-0.05, 0) is 11.6 Å². The van der Waals surface area contributed by atoms with Gasteiger partial charge in [-0.1, -0.05) is 36.0 Å². The van der Waals surface area contributed by atoms with E-state index >= 15 is 0 Å². The lowest BCUT2D eigenvalue weighted by atomic mass is 10.1. The Bertz CT molecular complexity index is 700. The average Bonchev–Trinajstić information content (AvgIpc) is 3.16. The van der Waals surface area contributed by atoms with E-state index < -0.39 is 5.97 Å². The number of nitrogens with zero attached hydrogens (tertiary/aromatic N) is 3. The van der Waals surface area contributed by atoms with Crippen molar-refractivity contribution in [3.8, 4) is 11.4 Å². The molecule has 1 aliphatic heterocycles. The lowest BCUT2D eigenvalue weighted by molar-refractivity contribution is -0.133. The third-order valence-electron chi connectivity index (χ3n) is 3.04. The number of aromatic nitrogens is 3. The van der Waals surface area contributed by atoms with Crippen molar-refractivity contribution < 1.29 is 9.90 Å². The third-order valence-corrected chi connectivity index (χ3v) is 3.87. The number of carboxylic acid groups (broad SMARTS) is 1. The molecule has 114 valence electrons. The molecule has 0 unspecified atom stereocenters. The predicted octanol–water partition coefficient (Wildman–Crippen LogP) is 1.48. The molecule has 0 saturated heterocycles. The zero-order valence-electron chi connectivity index (χ0n) is 11.7. The highest BCUT2D eigenvalue weighted by Crippen LogP contribution is 2.20. The van der Waals surface area contributed by atoms with Gasteiger partial charge in [0.25, 0.3) is 0 Å². The van der Waals surface area contributed by atoms with Crippen molar-refractivity contribution in [2.45, 2.75) is 11.7 Å². The van der Waals surface area contributed by atoms with Gasteiger partial charge in [-0.3, -0.25) is 9.89 Å². The minimum absolute atomic E-state index is 0.0513. The molecule has 0 amide bonds. The van der Waals surface area contributed by atoms with Crippen molar-refractivity contribution in [3.63, 3.8) is 0 Å². The van der Waals surface area contributed by atoms with E-state index in [-0.39, 0.29) is 5.75 Å². The molecule has 1 aliphatic rings. The minimum Gasteiger partial charge on any atom is -0.481 e. The molecule has 0 bridgehead atoms. The number of H-pyrrole nitrogens is 1. The van der Waals surface area contributed by atoms with Gasteiger partial charge in [0.1, 0.15) is 0 Å². The number of hydrogen-bond donors (Lipinski definition) is 3. The zero-order valence-corrected chi connectivity index (χ0v) is 12.5. The molecule has 0 spiro atoms. The Balaban J connectivity index is 1.71. The number of rotatable bonds is 6. The van der Waals surface area contributed by atoms with E-state index in [1.807, 2.05) is 35.5 Å². The zero-order chi connectivity index (χ0) is 15.4. The topological polar surface area (TPSA) is 94.1 Å². The molecule has 1 aromatic carbocycles. The van der Waals surface area contributed by atoms with Crippen LogP contribution < -0.4 is 5.43 Å². The monoisotopic (exact) mass is 317 g/mol. The van der Waals surface area contributed by atoms with Crippen LogP contribution >= 0.6 is 11.8 Å². The second kappa shape index (κ2) is 6.63. The molecule has 3 rings (SSSR count). The van der Waals surface area contributed by atoms with Gasteiger partial charge in [-0.15, -0.1) is 5.10 Å². The molecule has 1 aromatic heterocycles. The first kappa shape index (κ1) is 14.6. The molecule has 2 heterocycles. The summed E-state index contributed by atoms with van der Waals surface area (Å²) in [6, 6.07) is 8.01. The molecule has 0 fully saturated rings. The normalized spacial score (nSPS) is 13.7. The summed E-state index contributed by atoms with van der Waals surface area (Å²) in [4.78, 5) is 14.9. The Morgan fingerprint density at radius 2 is 2.36 bits per heavy atom. The van der Waals surface area contributed by atoms with Crippen LogP contribution in [0.15, 0.2) is 41.7 Å². The summed E-state index contributed by atoms with van der Waals surface area (Å²) >= 11 is 1.09. The van der Waals surface area contributed by atoms with Gasteiger partial charge < -0.3 is 10.1 Å². The first-order chi connectivity index (χ1) is 10.7. The average molecular weight is 317 g/mol. The summed E-state index contributed by atoms with van der Waals surface area (Å²) in [6.07, 6.45) is 4.08. The first-order valence-corrected chi connectivity index (χ1v) is 7.72. The minimum atomic E-state index is -0.885. The summed E-state index contributed by atoms with van der Waals surface area (Å²) in [5.74, 6) is -0.297. The third kappa shape index (κ3) is 3.66. The van der Waals surface area contributed by atoms with Gasteiger partial charge in [0.05, 0.1) is 12.3 Å². The molecule has 2 aromatic rings. The first-order valence-electron chi connectivity index (χ1n) is 6.74. The number of thioether (sulfide) groups is 1. The van der Waals surface area contributed by atoms with Gasteiger partial charge in [-0.2, -0.15) is 0 Å². The van der Waals surface area contributed by atoms with Crippen LogP contribution in [0.5, 0.6) is 0 Å². The number of hydrogen-bond acceptors (Lipinski definition) is 6. The number of aromatic amines is 1. The Kier molecular flexibility index (Phi) is 4.40. The fourth-order valence-corrected chi connectivity index (χ4v) is 2.61. The molecule has 0 radical (unpaired) electrons. The molecule has 7 nitrogen and oxygen atoms in total. The molecule has 0 aliphatic carbocycles. The van der Waals surface area contributed by atoms with Gasteiger partial charge in [0.2, 0.25) is 5.16 Å². The van der Waals surface area contributed by atoms with Crippen LogP contribution in [0.2, 0.25) is 0 Å². The van der Waals surface area contributed by atoms with E-state index in [0.29, 0.717) is 11.0 Å². The quantitative estimate of drug-likeness (QED) is 0.695. The van der Waals surface area contributed by atoms with Crippen LogP contribution in [0.1, 0.15) is 5.56 Å². The summed E-state index contributed by atoms with van der Waals surface area (Å²) in [6.45, 7) is 1.62. The molecule has 8 heteroatoms. The van der Waals surface area contributed by atoms with Crippen molar-refractivity contribution >= 4 is 17.7 Å². The second-order valence-corrected chi connectivity index (χ2v) is 5.67. The number of carbonyl (C=O) groups is 1. The fourth-order valence-electron chi connectivity index (χ4n) is 2.09. The van der Waals surface area contributed by atoms with Gasteiger partial charge in [0.15, 0.2) is 5.82 Å². The molecular weight excluding hydrogens is 302 g/mol. The number of carboxylic acids is 1. The van der Waals surface area contributed by atoms with Gasteiger partial charge in [0, 0.05) is 18.3 Å². The van der Waals surface area contributed by atoms with E-state index in [0.717, 1.165) is 36.0 Å². The molecular formula is C14H15N5O2S. The van der Waals surface area contributed by atoms with E-state index in [1.165, 1.54) is 0 Å². The largest absolute Gasteiger partial charge is 0.481 e. The number of benzene rings is 1. The van der Waals surface area contributed by atoms with Gasteiger partial charge in [-0.25, -0.2) is 10.4 Å². The van der Waals surface area contributed by atoms with Crippen LogP contribution in [-0.2, 0) is 11.3 Å². The smallest absolute Gasteiger partial charge is 0.313 e. The number of hydrazine groups is 1. The van der Waals surface area contributed by atoms with E-state index in [1.54, 1.807) is 0 Å². The molecule has 0 saturated carbocycles. The van der Waals surface area contributed by atoms with Crippen LogP contribution in [0, 0.1) is 0 Å². The lowest BCUT2D eigenvalue weighted by Gasteiger charge is -2.16. The fraction of sp³-hybridized carbons (Fsp3) is 0.214. The lowest BCUT2D eigenvalue weighted by Crippen LogP contribution is -2.27. The summed E-state index contributed by atoms with van der Waals surface area (Å²) in [7, 11) is 0. The summed E-state index contributed by atoms with van der Waals surface area (Å²) < 4.78 is 0. The Labute approximate surface area is 131 Å². The maximum atomic E-state index is 10.6. The van der Waals surface area contributed by atoms with Crippen LogP contribution in [0.3, 0.4) is 0 Å². The second-order valence-electron chi connectivity index (χ2n) is 4.72. The Morgan fingerprint density at radius 3 is 3.14 bits per heavy atom.